The van der Waals surface area contributed by atoms with Gasteiger partial charge in [-0.2, -0.15) is 0 Å². The second kappa shape index (κ2) is 14.2. The minimum absolute atomic E-state index is 0.0493. The summed E-state index contributed by atoms with van der Waals surface area (Å²) < 4.78 is 22.5. The molecule has 0 spiro atoms. The van der Waals surface area contributed by atoms with Gasteiger partial charge in [-0.05, 0) is 49.6 Å². The van der Waals surface area contributed by atoms with Crippen LogP contribution in [0.4, 0.5) is 0 Å². The molecule has 1 unspecified atom stereocenters. The highest BCUT2D eigenvalue weighted by molar-refractivity contribution is 6.46. The summed E-state index contributed by atoms with van der Waals surface area (Å²) in [6, 6.07) is 11.6. The highest BCUT2D eigenvalue weighted by Crippen LogP contribution is 2.42. The van der Waals surface area contributed by atoms with Gasteiger partial charge in [0.05, 0.1) is 45.2 Å². The molecular weight excluding hydrogens is 512 g/mol. The second-order valence-corrected chi connectivity index (χ2v) is 9.87. The zero-order chi connectivity index (χ0) is 28.5. The number of benzene rings is 2. The third-order valence-electron chi connectivity index (χ3n) is 7.19. The van der Waals surface area contributed by atoms with Crippen LogP contribution in [0.1, 0.15) is 50.3 Å². The Kier molecular flexibility index (Phi) is 10.4. The molecule has 1 amide bonds. The van der Waals surface area contributed by atoms with E-state index in [9.17, 15) is 14.7 Å². The summed E-state index contributed by atoms with van der Waals surface area (Å²) in [6.07, 6.45) is 2.59. The molecule has 0 saturated carbocycles. The molecule has 9 heteroatoms. The summed E-state index contributed by atoms with van der Waals surface area (Å²) in [5.41, 5.74) is 1.12. The van der Waals surface area contributed by atoms with Crippen molar-refractivity contribution in [2.75, 3.05) is 59.7 Å². The molecule has 2 aliphatic rings. The number of ketones is 1. The van der Waals surface area contributed by atoms with Crippen LogP contribution in [0, 0.1) is 0 Å². The molecule has 2 fully saturated rings. The number of unbranched alkanes of at least 4 members (excludes halogenated alkanes) is 1. The topological polar surface area (TPSA) is 97.8 Å². The number of aliphatic hydroxyl groups excluding tert-OH is 1. The molecule has 0 radical (unpaired) electrons. The van der Waals surface area contributed by atoms with Gasteiger partial charge in [-0.15, -0.1) is 0 Å². The minimum Gasteiger partial charge on any atom is -0.507 e. The Hall–Kier alpha value is -3.56. The van der Waals surface area contributed by atoms with Crippen LogP contribution in [0.15, 0.2) is 48.0 Å². The van der Waals surface area contributed by atoms with Gasteiger partial charge >= 0.3 is 0 Å². The number of hydrogen-bond acceptors (Lipinski definition) is 8. The molecule has 4 rings (SSSR count). The van der Waals surface area contributed by atoms with Crippen LogP contribution in [0.3, 0.4) is 0 Å². The van der Waals surface area contributed by atoms with Crippen molar-refractivity contribution in [1.29, 1.82) is 0 Å². The zero-order valence-electron chi connectivity index (χ0n) is 23.7. The van der Waals surface area contributed by atoms with Crippen LogP contribution < -0.4 is 14.2 Å². The fourth-order valence-electron chi connectivity index (χ4n) is 5.10. The van der Waals surface area contributed by atoms with Gasteiger partial charge in [0.25, 0.3) is 11.7 Å². The Balaban J connectivity index is 1.70. The van der Waals surface area contributed by atoms with Crippen molar-refractivity contribution >= 4 is 17.4 Å². The van der Waals surface area contributed by atoms with E-state index in [0.717, 1.165) is 32.5 Å². The number of rotatable bonds is 13. The maximum Gasteiger partial charge on any atom is 0.295 e. The quantitative estimate of drug-likeness (QED) is 0.169. The van der Waals surface area contributed by atoms with Crippen molar-refractivity contribution in [3.8, 4) is 17.2 Å². The predicted molar refractivity (Wildman–Crippen MR) is 152 cm³/mol. The largest absolute Gasteiger partial charge is 0.507 e. The predicted octanol–water partition coefficient (Wildman–Crippen LogP) is 4.42. The van der Waals surface area contributed by atoms with Gasteiger partial charge in [-0.3, -0.25) is 14.5 Å². The monoisotopic (exact) mass is 552 g/mol. The van der Waals surface area contributed by atoms with Crippen molar-refractivity contribution in [2.24, 2.45) is 0 Å². The van der Waals surface area contributed by atoms with E-state index in [4.69, 9.17) is 18.9 Å². The molecule has 40 heavy (non-hydrogen) atoms. The number of hydrogen-bond donors (Lipinski definition) is 1. The first-order valence-electron chi connectivity index (χ1n) is 14.1. The number of methoxy groups -OCH3 is 1. The fourth-order valence-corrected chi connectivity index (χ4v) is 5.10. The maximum absolute atomic E-state index is 13.5. The highest BCUT2D eigenvalue weighted by atomic mass is 16.5. The van der Waals surface area contributed by atoms with Gasteiger partial charge in [0.2, 0.25) is 0 Å². The molecule has 2 saturated heterocycles. The zero-order valence-corrected chi connectivity index (χ0v) is 23.7. The number of ether oxygens (including phenoxy) is 4. The van der Waals surface area contributed by atoms with E-state index in [1.54, 1.807) is 42.3 Å². The Morgan fingerprint density at radius 3 is 2.52 bits per heavy atom. The molecule has 2 aliphatic heterocycles. The lowest BCUT2D eigenvalue weighted by molar-refractivity contribution is -0.140. The van der Waals surface area contributed by atoms with E-state index in [1.165, 1.54) is 0 Å². The molecule has 1 N–H and O–H groups in total. The van der Waals surface area contributed by atoms with Gasteiger partial charge < -0.3 is 29.0 Å². The number of carbonyl (C=O) groups is 2. The van der Waals surface area contributed by atoms with E-state index < -0.39 is 17.7 Å². The van der Waals surface area contributed by atoms with Gasteiger partial charge in [0.15, 0.2) is 11.5 Å². The summed E-state index contributed by atoms with van der Waals surface area (Å²) in [5, 5.41) is 11.5. The number of nitrogens with zero attached hydrogens (tertiary/aromatic N) is 2. The van der Waals surface area contributed by atoms with E-state index in [1.807, 2.05) is 19.1 Å². The van der Waals surface area contributed by atoms with Gasteiger partial charge in [-0.1, -0.05) is 31.5 Å². The lowest BCUT2D eigenvalue weighted by Crippen LogP contribution is -2.39. The van der Waals surface area contributed by atoms with Crippen LogP contribution in [0.2, 0.25) is 0 Å². The fraction of sp³-hybridized carbons (Fsp3) is 0.484. The minimum atomic E-state index is -0.779. The lowest BCUT2D eigenvalue weighted by Gasteiger charge is -2.29. The van der Waals surface area contributed by atoms with Crippen LogP contribution >= 0.6 is 0 Å². The Bertz CT molecular complexity index is 1210. The third-order valence-corrected chi connectivity index (χ3v) is 7.19. The molecule has 2 heterocycles. The summed E-state index contributed by atoms with van der Waals surface area (Å²) in [7, 11) is 1.55. The molecule has 9 nitrogen and oxygen atoms in total. The van der Waals surface area contributed by atoms with Crippen LogP contribution in [0.5, 0.6) is 17.2 Å². The first-order valence-corrected chi connectivity index (χ1v) is 14.1. The van der Waals surface area contributed by atoms with Crippen LogP contribution in [0.25, 0.3) is 5.76 Å². The number of carbonyl (C=O) groups excluding carboxylic acids is 2. The number of likely N-dealkylation sites (tertiary alicyclic amines) is 1. The van der Waals surface area contributed by atoms with Gasteiger partial charge in [0.1, 0.15) is 11.5 Å². The Morgan fingerprint density at radius 1 is 1.00 bits per heavy atom. The number of Topliss-reactive ketones (excluding diaryl/α,β-unsaturated/α-hetero) is 1. The Morgan fingerprint density at radius 2 is 1.80 bits per heavy atom. The van der Waals surface area contributed by atoms with Crippen molar-refractivity contribution in [2.45, 2.75) is 39.2 Å². The van der Waals surface area contributed by atoms with Crippen molar-refractivity contribution in [3.05, 3.63) is 59.2 Å². The maximum atomic E-state index is 13.5. The van der Waals surface area contributed by atoms with Crippen LogP contribution in [-0.4, -0.2) is 86.3 Å². The smallest absolute Gasteiger partial charge is 0.295 e. The molecular formula is C31H40N2O7. The second-order valence-electron chi connectivity index (χ2n) is 9.87. The molecule has 0 aliphatic carbocycles. The SMILES string of the molecule is CCCCOc1cccc(/C(O)=C2\C(=O)C(=O)N(CCCN3CCOCC3)C2c2ccc(OCC)c(OC)c2)c1. The van der Waals surface area contributed by atoms with Crippen LogP contribution in [-0.2, 0) is 14.3 Å². The molecule has 1 atom stereocenters. The van der Waals surface area contributed by atoms with E-state index in [-0.39, 0.29) is 11.3 Å². The lowest BCUT2D eigenvalue weighted by atomic mass is 9.95. The number of aliphatic hydroxyl groups is 1. The first kappa shape index (κ1) is 29.4. The summed E-state index contributed by atoms with van der Waals surface area (Å²) in [5.74, 6) is 0.0830. The average Bonchev–Trinajstić information content (AvgIpc) is 3.23. The van der Waals surface area contributed by atoms with E-state index in [2.05, 4.69) is 11.8 Å². The van der Waals surface area contributed by atoms with E-state index in [0.29, 0.717) is 67.8 Å². The van der Waals surface area contributed by atoms with Gasteiger partial charge in [-0.25, -0.2) is 0 Å². The highest BCUT2D eigenvalue weighted by Gasteiger charge is 2.46. The standard InChI is InChI=1S/C31H40N2O7/c1-4-6-17-40-24-10-7-9-23(20-24)29(34)27-28(22-11-12-25(39-5-2)26(21-22)37-3)33(31(36)30(27)35)14-8-13-32-15-18-38-19-16-32/h7,9-12,20-21,28,34H,4-6,8,13-19H2,1-3H3/b29-27+. The molecule has 2 aromatic carbocycles. The van der Waals surface area contributed by atoms with Crippen molar-refractivity contribution in [3.63, 3.8) is 0 Å². The summed E-state index contributed by atoms with van der Waals surface area (Å²) in [4.78, 5) is 30.7. The normalized spacial score (nSPS) is 19.2. The average molecular weight is 553 g/mol. The Labute approximate surface area is 236 Å². The molecule has 216 valence electrons. The number of amides is 1. The number of morpholine rings is 1. The third kappa shape index (κ3) is 6.77. The van der Waals surface area contributed by atoms with Crippen molar-refractivity contribution in [1.82, 2.24) is 9.80 Å². The van der Waals surface area contributed by atoms with E-state index >= 15 is 0 Å². The molecule has 0 bridgehead atoms. The first-order chi connectivity index (χ1) is 19.5. The molecule has 2 aromatic rings. The summed E-state index contributed by atoms with van der Waals surface area (Å²) in [6.45, 7) is 9.20. The summed E-state index contributed by atoms with van der Waals surface area (Å²) >= 11 is 0. The van der Waals surface area contributed by atoms with Gasteiger partial charge in [0, 0.05) is 31.7 Å². The van der Waals surface area contributed by atoms with Crippen molar-refractivity contribution < 1.29 is 33.6 Å². The molecule has 0 aromatic heterocycles.